The van der Waals surface area contributed by atoms with E-state index in [0.717, 1.165) is 25.9 Å². The third-order valence-corrected chi connectivity index (χ3v) is 9.02. The Morgan fingerprint density at radius 3 is 1.72 bits per heavy atom. The van der Waals surface area contributed by atoms with E-state index >= 15 is 0 Å². The summed E-state index contributed by atoms with van der Waals surface area (Å²) in [6, 6.07) is 0. The molecule has 0 amide bonds. The summed E-state index contributed by atoms with van der Waals surface area (Å²) in [6.07, 6.45) is 3.50. The zero-order valence-electron chi connectivity index (χ0n) is 16.1. The summed E-state index contributed by atoms with van der Waals surface area (Å²) in [7, 11) is -6.76. The topological polar surface area (TPSA) is 74.3 Å². The molecular formula is C16H35NO6P2. The van der Waals surface area contributed by atoms with Gasteiger partial charge in [-0.1, -0.05) is 6.42 Å². The third kappa shape index (κ3) is 7.80. The standard InChI is InChI=1S/C16H35NO6P2/c1-5-20-24(18,21-6-2)15-16(14-17-12-10-9-11-13-17)25(19,22-7-3)23-8-4/h16H,5-15H2,1-4H3. The quantitative estimate of drug-likeness (QED) is 0.426. The molecule has 1 unspecified atom stereocenters. The lowest BCUT2D eigenvalue weighted by Gasteiger charge is -2.34. The van der Waals surface area contributed by atoms with E-state index in [1.165, 1.54) is 6.42 Å². The van der Waals surface area contributed by atoms with Gasteiger partial charge in [0.25, 0.3) is 0 Å². The van der Waals surface area contributed by atoms with Gasteiger partial charge < -0.3 is 23.0 Å². The lowest BCUT2D eigenvalue weighted by Crippen LogP contribution is -2.38. The highest BCUT2D eigenvalue weighted by molar-refractivity contribution is 7.58. The van der Waals surface area contributed by atoms with Crippen molar-refractivity contribution in [2.75, 3.05) is 52.2 Å². The second kappa shape index (κ2) is 11.9. The molecule has 1 aliphatic rings. The second-order valence-corrected chi connectivity index (χ2v) is 10.4. The molecule has 0 aromatic carbocycles. The zero-order valence-corrected chi connectivity index (χ0v) is 17.9. The largest absolute Gasteiger partial charge is 0.335 e. The Labute approximate surface area is 152 Å². The summed E-state index contributed by atoms with van der Waals surface area (Å²) < 4.78 is 48.3. The van der Waals surface area contributed by atoms with Gasteiger partial charge in [-0.3, -0.25) is 9.13 Å². The highest BCUT2D eigenvalue weighted by atomic mass is 31.2. The van der Waals surface area contributed by atoms with Crippen LogP contribution in [0, 0.1) is 0 Å². The fourth-order valence-corrected chi connectivity index (χ4v) is 7.85. The van der Waals surface area contributed by atoms with Crippen molar-refractivity contribution < 1.29 is 27.2 Å². The maximum atomic E-state index is 13.4. The molecule has 0 saturated carbocycles. The summed E-state index contributed by atoms with van der Waals surface area (Å²) >= 11 is 0. The van der Waals surface area contributed by atoms with Crippen LogP contribution in [0.1, 0.15) is 47.0 Å². The summed E-state index contributed by atoms with van der Waals surface area (Å²) in [6.45, 7) is 10.6. The van der Waals surface area contributed by atoms with Crippen LogP contribution >= 0.6 is 15.2 Å². The first-order valence-electron chi connectivity index (χ1n) is 9.42. The van der Waals surface area contributed by atoms with E-state index in [4.69, 9.17) is 18.1 Å². The van der Waals surface area contributed by atoms with Gasteiger partial charge in [-0.05, 0) is 53.6 Å². The Hall–Kier alpha value is 0.260. The minimum atomic E-state index is -3.41. The lowest BCUT2D eigenvalue weighted by molar-refractivity contribution is 0.182. The van der Waals surface area contributed by atoms with Crippen molar-refractivity contribution >= 4 is 15.2 Å². The molecule has 1 atom stereocenters. The minimum absolute atomic E-state index is 0.0441. The molecule has 1 aliphatic heterocycles. The van der Waals surface area contributed by atoms with E-state index < -0.39 is 20.9 Å². The van der Waals surface area contributed by atoms with Crippen molar-refractivity contribution in [2.45, 2.75) is 52.6 Å². The van der Waals surface area contributed by atoms with Crippen LogP contribution in [0.3, 0.4) is 0 Å². The summed E-state index contributed by atoms with van der Waals surface area (Å²) in [5, 5.41) is 0. The van der Waals surface area contributed by atoms with E-state index in [0.29, 0.717) is 6.54 Å². The van der Waals surface area contributed by atoms with E-state index in [2.05, 4.69) is 4.90 Å². The monoisotopic (exact) mass is 399 g/mol. The maximum absolute atomic E-state index is 13.4. The number of hydrogen-bond acceptors (Lipinski definition) is 7. The SMILES string of the molecule is CCOP(=O)(CC(CN1CCCCC1)P(=O)(OCC)OCC)OCC. The zero-order chi connectivity index (χ0) is 18.8. The summed E-state index contributed by atoms with van der Waals surface area (Å²) in [5.41, 5.74) is -0.533. The van der Waals surface area contributed by atoms with Gasteiger partial charge in [0, 0.05) is 6.54 Å². The van der Waals surface area contributed by atoms with Crippen molar-refractivity contribution in [3.8, 4) is 0 Å². The average Bonchev–Trinajstić information content (AvgIpc) is 2.56. The Morgan fingerprint density at radius 1 is 0.800 bits per heavy atom. The molecule has 1 saturated heterocycles. The first-order chi connectivity index (χ1) is 11.9. The van der Waals surface area contributed by atoms with Crippen molar-refractivity contribution in [3.05, 3.63) is 0 Å². The molecule has 1 heterocycles. The molecule has 0 spiro atoms. The van der Waals surface area contributed by atoms with Crippen LogP contribution in [0.25, 0.3) is 0 Å². The van der Waals surface area contributed by atoms with Crippen LogP contribution < -0.4 is 0 Å². The molecule has 7 nitrogen and oxygen atoms in total. The first kappa shape index (κ1) is 23.3. The summed E-state index contributed by atoms with van der Waals surface area (Å²) in [5.74, 6) is 0. The Kier molecular flexibility index (Phi) is 11.1. The minimum Gasteiger partial charge on any atom is -0.309 e. The van der Waals surface area contributed by atoms with Gasteiger partial charge in [0.15, 0.2) is 0 Å². The van der Waals surface area contributed by atoms with Gasteiger partial charge >= 0.3 is 15.2 Å². The van der Waals surface area contributed by atoms with Gasteiger partial charge in [-0.2, -0.15) is 0 Å². The maximum Gasteiger partial charge on any atom is 0.335 e. The number of nitrogens with zero attached hydrogens (tertiary/aromatic N) is 1. The number of likely N-dealkylation sites (tertiary alicyclic amines) is 1. The predicted octanol–water partition coefficient (Wildman–Crippen LogP) is 4.37. The Bertz CT molecular complexity index is 436. The van der Waals surface area contributed by atoms with Crippen LogP contribution in [0.15, 0.2) is 0 Å². The van der Waals surface area contributed by atoms with Crippen LogP contribution in [0.2, 0.25) is 0 Å². The Morgan fingerprint density at radius 2 is 1.28 bits per heavy atom. The molecule has 1 rings (SSSR count). The smallest absolute Gasteiger partial charge is 0.309 e. The van der Waals surface area contributed by atoms with E-state index in [1.54, 1.807) is 27.7 Å². The first-order valence-corrected chi connectivity index (χ1v) is 12.8. The van der Waals surface area contributed by atoms with Crippen molar-refractivity contribution in [3.63, 3.8) is 0 Å². The lowest BCUT2D eigenvalue weighted by atomic mass is 10.1. The fraction of sp³-hybridized carbons (Fsp3) is 1.00. The number of piperidine rings is 1. The highest BCUT2D eigenvalue weighted by Gasteiger charge is 2.42. The van der Waals surface area contributed by atoms with Gasteiger partial charge in [0.1, 0.15) is 0 Å². The average molecular weight is 399 g/mol. The predicted molar refractivity (Wildman–Crippen MR) is 101 cm³/mol. The summed E-state index contributed by atoms with van der Waals surface area (Å²) in [4.78, 5) is 2.25. The molecule has 0 bridgehead atoms. The van der Waals surface area contributed by atoms with Gasteiger partial charge in [0.05, 0.1) is 38.2 Å². The third-order valence-electron chi connectivity index (χ3n) is 4.07. The van der Waals surface area contributed by atoms with E-state index in [9.17, 15) is 9.13 Å². The molecule has 0 radical (unpaired) electrons. The number of rotatable bonds is 13. The molecule has 25 heavy (non-hydrogen) atoms. The molecule has 9 heteroatoms. The highest BCUT2D eigenvalue weighted by Crippen LogP contribution is 2.60. The van der Waals surface area contributed by atoms with Crippen molar-refractivity contribution in [2.24, 2.45) is 0 Å². The van der Waals surface area contributed by atoms with Crippen molar-refractivity contribution in [1.82, 2.24) is 4.90 Å². The van der Waals surface area contributed by atoms with Gasteiger partial charge in [0.2, 0.25) is 0 Å². The Balaban J connectivity index is 3.02. The molecular weight excluding hydrogens is 364 g/mol. The van der Waals surface area contributed by atoms with Crippen molar-refractivity contribution in [1.29, 1.82) is 0 Å². The van der Waals surface area contributed by atoms with Crippen LogP contribution in [-0.4, -0.2) is 62.8 Å². The molecule has 0 aromatic heterocycles. The van der Waals surface area contributed by atoms with Gasteiger partial charge in [-0.25, -0.2) is 0 Å². The number of hydrogen-bond donors (Lipinski definition) is 0. The second-order valence-electron chi connectivity index (χ2n) is 6.02. The molecule has 0 aliphatic carbocycles. The van der Waals surface area contributed by atoms with Crippen LogP contribution in [-0.2, 0) is 27.2 Å². The normalized spacial score (nSPS) is 18.4. The van der Waals surface area contributed by atoms with E-state index in [-0.39, 0.29) is 32.6 Å². The van der Waals surface area contributed by atoms with Crippen LogP contribution in [0.4, 0.5) is 0 Å². The molecule has 0 aromatic rings. The molecule has 1 fully saturated rings. The van der Waals surface area contributed by atoms with Gasteiger partial charge in [-0.15, -0.1) is 0 Å². The molecule has 150 valence electrons. The molecule has 0 N–H and O–H groups in total. The van der Waals surface area contributed by atoms with E-state index in [1.807, 2.05) is 0 Å². The van der Waals surface area contributed by atoms with Crippen LogP contribution in [0.5, 0.6) is 0 Å². The fourth-order valence-electron chi connectivity index (χ4n) is 3.10.